The van der Waals surface area contributed by atoms with Gasteiger partial charge in [-0.25, -0.2) is 4.79 Å². The first kappa shape index (κ1) is 30.9. The topological polar surface area (TPSA) is 58.9 Å². The fourth-order valence-corrected chi connectivity index (χ4v) is 5.36. The molecule has 0 aliphatic rings. The van der Waals surface area contributed by atoms with Gasteiger partial charge in [0.05, 0.1) is 13.2 Å². The van der Waals surface area contributed by atoms with Crippen molar-refractivity contribution in [3.63, 3.8) is 0 Å². The first-order chi connectivity index (χ1) is 21.3. The molecular weight excluding hydrogens is 550 g/mol. The minimum Gasteiger partial charge on any atom is -0.491 e. The number of methoxy groups -OCH3 is 1. The number of ether oxygens (including phenoxy) is 4. The number of hydrogen-bond donors (Lipinski definition) is 0. The molecule has 0 fully saturated rings. The lowest BCUT2D eigenvalue weighted by Crippen LogP contribution is -2.14. The van der Waals surface area contributed by atoms with E-state index >= 15 is 0 Å². The van der Waals surface area contributed by atoms with Gasteiger partial charge in [-0.05, 0) is 52.8 Å². The number of carbonyl (C=O) groups excluding carboxylic acids is 1. The fraction of sp³-hybridized carbons (Fsp3) is 0.289. The number of hydrogen-bond acceptors (Lipinski definition) is 5. The summed E-state index contributed by atoms with van der Waals surface area (Å²) in [7, 11) is 1.65. The second-order valence-corrected chi connectivity index (χ2v) is 11.8. The summed E-state index contributed by atoms with van der Waals surface area (Å²) < 4.78 is 25.2. The van der Waals surface area contributed by atoms with Crippen molar-refractivity contribution in [2.45, 2.75) is 46.3 Å². The molecule has 0 aliphatic carbocycles. The van der Waals surface area contributed by atoms with Crippen molar-refractivity contribution in [1.29, 1.82) is 0 Å². The third kappa shape index (κ3) is 7.14. The number of fused-ring (bicyclic) bond motifs is 1. The quantitative estimate of drug-likeness (QED) is 0.108. The Labute approximate surface area is 260 Å². The van der Waals surface area contributed by atoms with Gasteiger partial charge >= 0.3 is 5.97 Å². The molecule has 0 spiro atoms. The van der Waals surface area contributed by atoms with Gasteiger partial charge in [-0.2, -0.15) is 0 Å². The van der Waals surface area contributed by atoms with E-state index in [-0.39, 0.29) is 18.0 Å². The number of carbonyl (C=O) groups is 1. The van der Waals surface area contributed by atoms with Gasteiger partial charge in [-0.1, -0.05) is 93.6 Å². The average Bonchev–Trinajstić information content (AvgIpc) is 3.34. The number of nitrogens with zero attached hydrogens (tertiary/aromatic N) is 1. The van der Waals surface area contributed by atoms with Crippen LogP contribution in [0.25, 0.3) is 22.0 Å². The molecule has 0 unspecified atom stereocenters. The molecule has 6 nitrogen and oxygen atoms in total. The molecule has 4 aromatic carbocycles. The van der Waals surface area contributed by atoms with E-state index < -0.39 is 0 Å². The monoisotopic (exact) mass is 591 g/mol. The van der Waals surface area contributed by atoms with Crippen molar-refractivity contribution in [2.75, 3.05) is 26.9 Å². The Bertz CT molecular complexity index is 1700. The lowest BCUT2D eigenvalue weighted by Gasteiger charge is -2.19. The van der Waals surface area contributed by atoms with Crippen molar-refractivity contribution < 1.29 is 23.7 Å². The van der Waals surface area contributed by atoms with Crippen LogP contribution in [0, 0.1) is 0 Å². The van der Waals surface area contributed by atoms with Crippen LogP contribution in [0.15, 0.2) is 97.1 Å². The zero-order valence-corrected chi connectivity index (χ0v) is 26.3. The molecule has 5 rings (SSSR count). The van der Waals surface area contributed by atoms with Gasteiger partial charge in [0.1, 0.15) is 30.4 Å². The van der Waals surface area contributed by atoms with E-state index in [0.29, 0.717) is 43.6 Å². The lowest BCUT2D eigenvalue weighted by molar-refractivity contribution is 0.0516. The molecule has 0 aliphatic heterocycles. The Kier molecular flexibility index (Phi) is 9.71. The molecule has 0 amide bonds. The summed E-state index contributed by atoms with van der Waals surface area (Å²) >= 11 is 0. The Balaban J connectivity index is 1.60. The van der Waals surface area contributed by atoms with Crippen molar-refractivity contribution in [3.05, 3.63) is 119 Å². The highest BCUT2D eigenvalue weighted by atomic mass is 16.5. The van der Waals surface area contributed by atoms with Crippen LogP contribution in [0.1, 0.15) is 54.9 Å². The van der Waals surface area contributed by atoms with E-state index in [9.17, 15) is 4.79 Å². The molecule has 44 heavy (non-hydrogen) atoms. The molecule has 228 valence electrons. The predicted octanol–water partition coefficient (Wildman–Crippen LogP) is 8.44. The maximum atomic E-state index is 13.7. The van der Waals surface area contributed by atoms with E-state index in [0.717, 1.165) is 33.2 Å². The van der Waals surface area contributed by atoms with Gasteiger partial charge in [0.15, 0.2) is 0 Å². The van der Waals surface area contributed by atoms with E-state index in [4.69, 9.17) is 18.9 Å². The van der Waals surface area contributed by atoms with E-state index in [1.165, 1.54) is 5.56 Å². The van der Waals surface area contributed by atoms with Crippen LogP contribution in [-0.4, -0.2) is 37.5 Å². The van der Waals surface area contributed by atoms with Crippen LogP contribution in [0.4, 0.5) is 0 Å². The van der Waals surface area contributed by atoms with Crippen molar-refractivity contribution in [2.24, 2.45) is 0 Å². The number of rotatable bonds is 12. The largest absolute Gasteiger partial charge is 0.491 e. The van der Waals surface area contributed by atoms with E-state index in [1.54, 1.807) is 7.11 Å². The van der Waals surface area contributed by atoms with E-state index in [2.05, 4.69) is 61.7 Å². The molecule has 1 aromatic heterocycles. The molecule has 0 radical (unpaired) electrons. The van der Waals surface area contributed by atoms with Gasteiger partial charge < -0.3 is 23.5 Å². The van der Waals surface area contributed by atoms with Crippen molar-refractivity contribution in [1.82, 2.24) is 4.57 Å². The first-order valence-corrected chi connectivity index (χ1v) is 15.1. The third-order valence-electron chi connectivity index (χ3n) is 7.56. The minimum atomic E-state index is -0.355. The maximum Gasteiger partial charge on any atom is 0.355 e. The SMILES string of the molecule is CCOC(=O)c1c(-c2ccc(C(C)(C)C)cc2)c2ccccc2n1Cc1cc(OCCOC)cc(OCc2ccccc2)c1. The predicted molar refractivity (Wildman–Crippen MR) is 176 cm³/mol. The summed E-state index contributed by atoms with van der Waals surface area (Å²) in [4.78, 5) is 13.7. The highest BCUT2D eigenvalue weighted by Gasteiger charge is 2.26. The minimum absolute atomic E-state index is 0.0210. The standard InChI is InChI=1S/C38H41NO5/c1-6-42-37(40)36-35(29-16-18-30(19-17-29)38(2,3)4)33-14-10-11-15-34(33)39(36)25-28-22-31(43-21-20-41-5)24-32(23-28)44-26-27-12-8-7-9-13-27/h7-19,22-24H,6,20-21,25-26H2,1-5H3. The molecule has 0 bridgehead atoms. The number of benzene rings is 4. The van der Waals surface area contributed by atoms with Crippen LogP contribution < -0.4 is 9.47 Å². The zero-order chi connectivity index (χ0) is 31.1. The summed E-state index contributed by atoms with van der Waals surface area (Å²) in [5, 5.41) is 0.993. The Morgan fingerprint density at radius 3 is 2.14 bits per heavy atom. The first-order valence-electron chi connectivity index (χ1n) is 15.1. The summed E-state index contributed by atoms with van der Waals surface area (Å²) in [6.07, 6.45) is 0. The Hall–Kier alpha value is -4.55. The highest BCUT2D eigenvalue weighted by molar-refractivity contribution is 6.08. The maximum absolute atomic E-state index is 13.7. The molecule has 0 saturated carbocycles. The number of aromatic nitrogens is 1. The lowest BCUT2D eigenvalue weighted by atomic mass is 9.86. The molecule has 0 N–H and O–H groups in total. The molecular formula is C38H41NO5. The average molecular weight is 592 g/mol. The van der Waals surface area contributed by atoms with Crippen LogP contribution in [0.5, 0.6) is 11.5 Å². The highest BCUT2D eigenvalue weighted by Crippen LogP contribution is 2.38. The molecule has 0 saturated heterocycles. The molecule has 1 heterocycles. The van der Waals surface area contributed by atoms with Gasteiger partial charge in [-0.15, -0.1) is 0 Å². The smallest absolute Gasteiger partial charge is 0.355 e. The zero-order valence-electron chi connectivity index (χ0n) is 26.3. The molecule has 5 aromatic rings. The summed E-state index contributed by atoms with van der Waals surface area (Å²) in [5.41, 5.74) is 6.57. The van der Waals surface area contributed by atoms with E-state index in [1.807, 2.05) is 67.6 Å². The van der Waals surface area contributed by atoms with Gasteiger partial charge in [0.2, 0.25) is 0 Å². The van der Waals surface area contributed by atoms with Crippen molar-refractivity contribution >= 4 is 16.9 Å². The Morgan fingerprint density at radius 1 is 0.773 bits per heavy atom. The number of para-hydroxylation sites is 1. The van der Waals surface area contributed by atoms with Crippen LogP contribution in [0.2, 0.25) is 0 Å². The van der Waals surface area contributed by atoms with Crippen LogP contribution >= 0.6 is 0 Å². The molecule has 6 heteroatoms. The second-order valence-electron chi connectivity index (χ2n) is 11.8. The summed E-state index contributed by atoms with van der Waals surface area (Å²) in [6, 6.07) is 32.6. The second kappa shape index (κ2) is 13.8. The summed E-state index contributed by atoms with van der Waals surface area (Å²) in [5.74, 6) is 1.01. The normalized spacial score (nSPS) is 11.5. The fourth-order valence-electron chi connectivity index (χ4n) is 5.36. The van der Waals surface area contributed by atoms with Crippen LogP contribution in [-0.2, 0) is 28.0 Å². The van der Waals surface area contributed by atoms with Gasteiger partial charge in [0.25, 0.3) is 0 Å². The van der Waals surface area contributed by atoms with Gasteiger partial charge in [0, 0.05) is 36.2 Å². The third-order valence-corrected chi connectivity index (χ3v) is 7.56. The van der Waals surface area contributed by atoms with Crippen LogP contribution in [0.3, 0.4) is 0 Å². The number of esters is 1. The van der Waals surface area contributed by atoms with Crippen molar-refractivity contribution in [3.8, 4) is 22.6 Å². The summed E-state index contributed by atoms with van der Waals surface area (Å²) in [6.45, 7) is 10.4. The Morgan fingerprint density at radius 2 is 1.45 bits per heavy atom. The molecule has 0 atom stereocenters. The van der Waals surface area contributed by atoms with Gasteiger partial charge in [-0.3, -0.25) is 0 Å².